The summed E-state index contributed by atoms with van der Waals surface area (Å²) in [6.07, 6.45) is 3.77. The third-order valence-corrected chi connectivity index (χ3v) is 5.14. The SMILES string of the molecule is CCNC(=NCCc1cccs1)N1CCC(CC(=O)NC)CC1. The Morgan fingerprint density at radius 1 is 1.43 bits per heavy atom. The van der Waals surface area contributed by atoms with Crippen LogP contribution in [0.3, 0.4) is 0 Å². The number of aliphatic imine (C=N–C) groups is 1. The smallest absolute Gasteiger partial charge is 0.220 e. The average Bonchev–Trinajstić information content (AvgIpc) is 3.08. The first-order valence-electron chi connectivity index (χ1n) is 8.49. The van der Waals surface area contributed by atoms with Crippen molar-refractivity contribution >= 4 is 23.2 Å². The molecule has 2 N–H and O–H groups in total. The van der Waals surface area contributed by atoms with Crippen molar-refractivity contribution in [3.05, 3.63) is 22.4 Å². The number of hydrogen-bond acceptors (Lipinski definition) is 3. The number of guanidine groups is 1. The van der Waals surface area contributed by atoms with E-state index < -0.39 is 0 Å². The molecule has 6 heteroatoms. The van der Waals surface area contributed by atoms with Gasteiger partial charge in [0, 0.05) is 50.9 Å². The van der Waals surface area contributed by atoms with Crippen molar-refractivity contribution in [3.63, 3.8) is 0 Å². The van der Waals surface area contributed by atoms with E-state index in [0.29, 0.717) is 12.3 Å². The lowest BCUT2D eigenvalue weighted by Gasteiger charge is -2.34. The van der Waals surface area contributed by atoms with Crippen LogP contribution in [-0.4, -0.2) is 50.0 Å². The minimum Gasteiger partial charge on any atom is -0.359 e. The van der Waals surface area contributed by atoms with Crippen LogP contribution >= 0.6 is 11.3 Å². The Morgan fingerprint density at radius 2 is 2.22 bits per heavy atom. The molecular formula is C17H28N4OS. The fourth-order valence-corrected chi connectivity index (χ4v) is 3.56. The van der Waals surface area contributed by atoms with Gasteiger partial charge in [0.25, 0.3) is 0 Å². The van der Waals surface area contributed by atoms with Gasteiger partial charge < -0.3 is 15.5 Å². The number of amides is 1. The highest BCUT2D eigenvalue weighted by Gasteiger charge is 2.22. The van der Waals surface area contributed by atoms with E-state index in [1.165, 1.54) is 4.88 Å². The van der Waals surface area contributed by atoms with Crippen molar-refractivity contribution in [2.45, 2.75) is 32.6 Å². The lowest BCUT2D eigenvalue weighted by Crippen LogP contribution is -2.46. The number of piperidine rings is 1. The van der Waals surface area contributed by atoms with Crippen LogP contribution in [0.25, 0.3) is 0 Å². The standard InChI is InChI=1S/C17H28N4OS/c1-3-19-17(20-9-6-15-5-4-12-23-15)21-10-7-14(8-11-21)13-16(22)18-2/h4-5,12,14H,3,6-11,13H2,1-2H3,(H,18,22)(H,19,20). The predicted octanol–water partition coefficient (Wildman–Crippen LogP) is 2.10. The molecular weight excluding hydrogens is 308 g/mol. The highest BCUT2D eigenvalue weighted by atomic mass is 32.1. The second-order valence-corrected chi connectivity index (χ2v) is 6.90. The summed E-state index contributed by atoms with van der Waals surface area (Å²) in [5.41, 5.74) is 0. The summed E-state index contributed by atoms with van der Waals surface area (Å²) >= 11 is 1.79. The number of thiophene rings is 1. The van der Waals surface area contributed by atoms with Crippen LogP contribution in [0.5, 0.6) is 0 Å². The third-order valence-electron chi connectivity index (χ3n) is 4.20. The van der Waals surface area contributed by atoms with Crippen LogP contribution < -0.4 is 10.6 Å². The number of nitrogens with zero attached hydrogens (tertiary/aromatic N) is 2. The van der Waals surface area contributed by atoms with Gasteiger partial charge in [0.2, 0.25) is 5.91 Å². The van der Waals surface area contributed by atoms with Gasteiger partial charge in [-0.3, -0.25) is 9.79 Å². The third kappa shape index (κ3) is 5.86. The molecule has 0 aliphatic carbocycles. The lowest BCUT2D eigenvalue weighted by molar-refractivity contribution is -0.121. The van der Waals surface area contributed by atoms with Crippen molar-refractivity contribution in [2.75, 3.05) is 33.2 Å². The zero-order chi connectivity index (χ0) is 16.5. The van der Waals surface area contributed by atoms with E-state index in [4.69, 9.17) is 4.99 Å². The van der Waals surface area contributed by atoms with Gasteiger partial charge in [0.15, 0.2) is 5.96 Å². The lowest BCUT2D eigenvalue weighted by atomic mass is 9.93. The zero-order valence-electron chi connectivity index (χ0n) is 14.2. The predicted molar refractivity (Wildman–Crippen MR) is 97.0 cm³/mol. The van der Waals surface area contributed by atoms with Gasteiger partial charge in [0.05, 0.1) is 0 Å². The molecule has 23 heavy (non-hydrogen) atoms. The molecule has 0 radical (unpaired) electrons. The summed E-state index contributed by atoms with van der Waals surface area (Å²) in [6, 6.07) is 4.25. The molecule has 1 fully saturated rings. The summed E-state index contributed by atoms with van der Waals surface area (Å²) in [4.78, 5) is 20.0. The van der Waals surface area contributed by atoms with Crippen molar-refractivity contribution < 1.29 is 4.79 Å². The fourth-order valence-electron chi connectivity index (χ4n) is 2.87. The second kappa shape index (κ2) is 9.55. The zero-order valence-corrected chi connectivity index (χ0v) is 15.0. The Kier molecular flexibility index (Phi) is 7.39. The van der Waals surface area contributed by atoms with Crippen molar-refractivity contribution in [2.24, 2.45) is 10.9 Å². The first-order chi connectivity index (χ1) is 11.2. The monoisotopic (exact) mass is 336 g/mol. The van der Waals surface area contributed by atoms with Gasteiger partial charge in [-0.15, -0.1) is 11.3 Å². The summed E-state index contributed by atoms with van der Waals surface area (Å²) in [5.74, 6) is 1.67. The summed E-state index contributed by atoms with van der Waals surface area (Å²) in [7, 11) is 1.71. The van der Waals surface area contributed by atoms with Crippen molar-refractivity contribution in [1.29, 1.82) is 0 Å². The van der Waals surface area contributed by atoms with E-state index >= 15 is 0 Å². The van der Waals surface area contributed by atoms with Gasteiger partial charge in [-0.05, 0) is 37.1 Å². The molecule has 0 spiro atoms. The molecule has 1 aliphatic rings. The van der Waals surface area contributed by atoms with Gasteiger partial charge in [-0.25, -0.2) is 0 Å². The Hall–Kier alpha value is -1.56. The maximum atomic E-state index is 11.5. The maximum absolute atomic E-state index is 11.5. The first-order valence-corrected chi connectivity index (χ1v) is 9.37. The molecule has 2 rings (SSSR count). The molecule has 0 saturated carbocycles. The number of rotatable bonds is 6. The Bertz CT molecular complexity index is 493. The van der Waals surface area contributed by atoms with E-state index in [2.05, 4.69) is 40.0 Å². The van der Waals surface area contributed by atoms with E-state index in [1.54, 1.807) is 18.4 Å². The van der Waals surface area contributed by atoms with Gasteiger partial charge in [-0.2, -0.15) is 0 Å². The van der Waals surface area contributed by atoms with E-state index in [0.717, 1.165) is 51.4 Å². The van der Waals surface area contributed by atoms with Crippen molar-refractivity contribution in [3.8, 4) is 0 Å². The molecule has 5 nitrogen and oxygen atoms in total. The number of carbonyl (C=O) groups excluding carboxylic acids is 1. The molecule has 128 valence electrons. The number of hydrogen-bond donors (Lipinski definition) is 2. The molecule has 1 aromatic rings. The second-order valence-electron chi connectivity index (χ2n) is 5.87. The fraction of sp³-hybridized carbons (Fsp3) is 0.647. The Balaban J connectivity index is 1.82. The largest absolute Gasteiger partial charge is 0.359 e. The summed E-state index contributed by atoms with van der Waals surface area (Å²) in [5, 5.41) is 8.23. The number of carbonyl (C=O) groups is 1. The molecule has 1 aromatic heterocycles. The highest BCUT2D eigenvalue weighted by molar-refractivity contribution is 7.09. The minimum atomic E-state index is 0.153. The van der Waals surface area contributed by atoms with Crippen LogP contribution in [0.2, 0.25) is 0 Å². The Morgan fingerprint density at radius 3 is 2.83 bits per heavy atom. The van der Waals surface area contributed by atoms with Gasteiger partial charge in [-0.1, -0.05) is 6.07 Å². The molecule has 0 unspecified atom stereocenters. The molecule has 0 aromatic carbocycles. The topological polar surface area (TPSA) is 56.7 Å². The van der Waals surface area contributed by atoms with Crippen LogP contribution in [0, 0.1) is 5.92 Å². The quantitative estimate of drug-likeness (QED) is 0.618. The Labute approximate surface area is 143 Å². The van der Waals surface area contributed by atoms with Gasteiger partial charge >= 0.3 is 0 Å². The highest BCUT2D eigenvalue weighted by Crippen LogP contribution is 2.20. The summed E-state index contributed by atoms with van der Waals surface area (Å²) in [6.45, 7) is 5.77. The van der Waals surface area contributed by atoms with E-state index in [1.807, 2.05) is 0 Å². The van der Waals surface area contributed by atoms with Crippen LogP contribution in [0.4, 0.5) is 0 Å². The maximum Gasteiger partial charge on any atom is 0.220 e. The van der Waals surface area contributed by atoms with E-state index in [-0.39, 0.29) is 5.91 Å². The molecule has 1 saturated heterocycles. The number of nitrogens with one attached hydrogen (secondary N) is 2. The first kappa shape index (κ1) is 17.8. The molecule has 1 amide bonds. The normalized spacial score (nSPS) is 16.4. The van der Waals surface area contributed by atoms with Crippen LogP contribution in [0.1, 0.15) is 31.1 Å². The molecule has 1 aliphatic heterocycles. The van der Waals surface area contributed by atoms with E-state index in [9.17, 15) is 4.79 Å². The minimum absolute atomic E-state index is 0.153. The molecule has 0 atom stereocenters. The summed E-state index contributed by atoms with van der Waals surface area (Å²) < 4.78 is 0. The average molecular weight is 337 g/mol. The van der Waals surface area contributed by atoms with Crippen LogP contribution in [-0.2, 0) is 11.2 Å². The number of likely N-dealkylation sites (tertiary alicyclic amines) is 1. The van der Waals surface area contributed by atoms with Gasteiger partial charge in [0.1, 0.15) is 0 Å². The van der Waals surface area contributed by atoms with Crippen LogP contribution in [0.15, 0.2) is 22.5 Å². The molecule has 2 heterocycles. The van der Waals surface area contributed by atoms with Crippen molar-refractivity contribution in [1.82, 2.24) is 15.5 Å². The molecule has 0 bridgehead atoms.